The van der Waals surface area contributed by atoms with Crippen molar-refractivity contribution < 1.29 is 9.21 Å². The van der Waals surface area contributed by atoms with Gasteiger partial charge in [-0.3, -0.25) is 15.6 Å². The van der Waals surface area contributed by atoms with Gasteiger partial charge < -0.3 is 9.73 Å². The molecule has 1 saturated carbocycles. The first-order valence-electron chi connectivity index (χ1n) is 7.97. The molecule has 7 heteroatoms. The van der Waals surface area contributed by atoms with E-state index in [0.717, 1.165) is 30.6 Å². The lowest BCUT2D eigenvalue weighted by molar-refractivity contribution is -0.121. The molecule has 1 saturated heterocycles. The van der Waals surface area contributed by atoms with Crippen molar-refractivity contribution >= 4 is 11.6 Å². The first-order chi connectivity index (χ1) is 11.3. The van der Waals surface area contributed by atoms with E-state index in [1.807, 2.05) is 24.3 Å². The fraction of sp³-hybridized carbons (Fsp3) is 0.438. The molecule has 1 aromatic carbocycles. The first-order valence-corrected chi connectivity index (χ1v) is 7.97. The van der Waals surface area contributed by atoms with Crippen LogP contribution in [0.1, 0.15) is 19.3 Å². The molecule has 0 radical (unpaired) electrons. The van der Waals surface area contributed by atoms with Crippen LogP contribution in [-0.4, -0.2) is 28.7 Å². The molecule has 3 unspecified atom stereocenters. The van der Waals surface area contributed by atoms with Gasteiger partial charge in [-0.05, 0) is 37.0 Å². The van der Waals surface area contributed by atoms with Gasteiger partial charge in [0.2, 0.25) is 18.2 Å². The molecule has 4 rings (SSSR count). The molecule has 2 heterocycles. The van der Waals surface area contributed by atoms with Gasteiger partial charge in [-0.25, -0.2) is 0 Å². The van der Waals surface area contributed by atoms with Gasteiger partial charge >= 0.3 is 0 Å². The highest BCUT2D eigenvalue weighted by atomic mass is 16.4. The predicted octanol–water partition coefficient (Wildman–Crippen LogP) is 1.57. The summed E-state index contributed by atoms with van der Waals surface area (Å²) in [5, 5.41) is 10.6. The van der Waals surface area contributed by atoms with Crippen LogP contribution in [0.15, 0.2) is 35.1 Å². The van der Waals surface area contributed by atoms with Crippen molar-refractivity contribution in [3.8, 4) is 11.5 Å². The summed E-state index contributed by atoms with van der Waals surface area (Å²) in [4.78, 5) is 12.7. The summed E-state index contributed by atoms with van der Waals surface area (Å²) in [6.07, 6.45) is 4.50. The lowest BCUT2D eigenvalue weighted by Gasteiger charge is -2.31. The van der Waals surface area contributed by atoms with Crippen LogP contribution in [0.2, 0.25) is 0 Å². The number of benzene rings is 1. The highest BCUT2D eigenvalue weighted by Crippen LogP contribution is 2.32. The number of nitrogens with one attached hydrogen (secondary N) is 3. The normalized spacial score (nSPS) is 26.7. The second-order valence-corrected chi connectivity index (χ2v) is 6.16. The second kappa shape index (κ2) is 6.10. The Labute approximate surface area is 133 Å². The molecule has 120 valence electrons. The quantitative estimate of drug-likeness (QED) is 0.796. The van der Waals surface area contributed by atoms with Gasteiger partial charge in [0, 0.05) is 23.8 Å². The molecule has 1 amide bonds. The van der Waals surface area contributed by atoms with Crippen molar-refractivity contribution in [1.82, 2.24) is 21.0 Å². The SMILES string of the molecule is O=C(Nc1cccc(-c2nnco2)c1)C1CCCC2CNNC21. The topological polar surface area (TPSA) is 92.1 Å². The minimum atomic E-state index is -0.00388. The minimum Gasteiger partial charge on any atom is -0.423 e. The molecule has 3 N–H and O–H groups in total. The molecule has 1 aliphatic carbocycles. The highest BCUT2D eigenvalue weighted by Gasteiger charge is 2.40. The highest BCUT2D eigenvalue weighted by molar-refractivity contribution is 5.93. The van der Waals surface area contributed by atoms with Gasteiger partial charge in [0.05, 0.1) is 5.92 Å². The summed E-state index contributed by atoms with van der Waals surface area (Å²) in [5.74, 6) is 1.05. The molecule has 2 fully saturated rings. The van der Waals surface area contributed by atoms with E-state index < -0.39 is 0 Å². The van der Waals surface area contributed by atoms with Crippen molar-refractivity contribution in [2.45, 2.75) is 25.3 Å². The Hall–Kier alpha value is -2.25. The maximum atomic E-state index is 12.7. The summed E-state index contributed by atoms with van der Waals surface area (Å²) < 4.78 is 5.20. The zero-order chi connectivity index (χ0) is 15.6. The molecule has 7 nitrogen and oxygen atoms in total. The fourth-order valence-corrected chi connectivity index (χ4v) is 3.60. The molecule has 3 atom stereocenters. The van der Waals surface area contributed by atoms with Crippen molar-refractivity contribution in [2.24, 2.45) is 11.8 Å². The van der Waals surface area contributed by atoms with Crippen LogP contribution in [-0.2, 0) is 4.79 Å². The van der Waals surface area contributed by atoms with Crippen molar-refractivity contribution in [3.05, 3.63) is 30.7 Å². The van der Waals surface area contributed by atoms with Gasteiger partial charge in [-0.2, -0.15) is 0 Å². The first kappa shape index (κ1) is 14.3. The van der Waals surface area contributed by atoms with Crippen LogP contribution in [0.4, 0.5) is 5.69 Å². The second-order valence-electron chi connectivity index (χ2n) is 6.16. The molecular formula is C16H19N5O2. The average molecular weight is 313 g/mol. The number of anilines is 1. The van der Waals surface area contributed by atoms with Crippen molar-refractivity contribution in [2.75, 3.05) is 11.9 Å². The number of fused-ring (bicyclic) bond motifs is 1. The number of hydrogen-bond donors (Lipinski definition) is 3. The molecule has 0 spiro atoms. The Morgan fingerprint density at radius 1 is 1.35 bits per heavy atom. The number of hydrogen-bond acceptors (Lipinski definition) is 6. The minimum absolute atomic E-state index is 0.00388. The van der Waals surface area contributed by atoms with E-state index in [0.29, 0.717) is 11.8 Å². The molecule has 23 heavy (non-hydrogen) atoms. The van der Waals surface area contributed by atoms with Gasteiger partial charge in [0.25, 0.3) is 0 Å². The van der Waals surface area contributed by atoms with Crippen LogP contribution >= 0.6 is 0 Å². The third kappa shape index (κ3) is 2.85. The lowest BCUT2D eigenvalue weighted by Crippen LogP contribution is -2.45. The van der Waals surface area contributed by atoms with Crippen molar-refractivity contribution in [1.29, 1.82) is 0 Å². The Balaban J connectivity index is 1.49. The van der Waals surface area contributed by atoms with E-state index in [4.69, 9.17) is 4.42 Å². The summed E-state index contributed by atoms with van der Waals surface area (Å²) in [6.45, 7) is 0.946. The number of hydrazine groups is 1. The third-order valence-electron chi connectivity index (χ3n) is 4.74. The van der Waals surface area contributed by atoms with E-state index in [1.54, 1.807) is 0 Å². The molecular weight excluding hydrogens is 294 g/mol. The number of rotatable bonds is 3. The summed E-state index contributed by atoms with van der Waals surface area (Å²) >= 11 is 0. The van der Waals surface area contributed by atoms with E-state index in [1.165, 1.54) is 12.8 Å². The van der Waals surface area contributed by atoms with E-state index in [2.05, 4.69) is 26.4 Å². The number of nitrogens with zero attached hydrogens (tertiary/aromatic N) is 2. The van der Waals surface area contributed by atoms with E-state index in [-0.39, 0.29) is 17.9 Å². The molecule has 1 aliphatic heterocycles. The van der Waals surface area contributed by atoms with Crippen LogP contribution in [0.5, 0.6) is 0 Å². The lowest BCUT2D eigenvalue weighted by atomic mass is 9.77. The van der Waals surface area contributed by atoms with Crippen LogP contribution in [0.25, 0.3) is 11.5 Å². The van der Waals surface area contributed by atoms with Crippen LogP contribution < -0.4 is 16.2 Å². The average Bonchev–Trinajstić information content (AvgIpc) is 3.26. The standard InChI is InChI=1S/C16H19N5O2/c22-15(13-6-2-4-11-8-17-20-14(11)13)19-12-5-1-3-10(7-12)16-21-18-9-23-16/h1,3,5,7,9,11,13-14,17,20H,2,4,6,8H2,(H,19,22). The zero-order valence-electron chi connectivity index (χ0n) is 12.7. The predicted molar refractivity (Wildman–Crippen MR) is 84.1 cm³/mol. The largest absolute Gasteiger partial charge is 0.423 e. The molecule has 2 aromatic rings. The maximum absolute atomic E-state index is 12.7. The molecule has 2 aliphatic rings. The number of carbonyl (C=O) groups excluding carboxylic acids is 1. The van der Waals surface area contributed by atoms with Gasteiger partial charge in [0.15, 0.2) is 0 Å². The molecule has 0 bridgehead atoms. The van der Waals surface area contributed by atoms with Crippen molar-refractivity contribution in [3.63, 3.8) is 0 Å². The summed E-state index contributed by atoms with van der Waals surface area (Å²) in [7, 11) is 0. The Kier molecular flexibility index (Phi) is 3.80. The van der Waals surface area contributed by atoms with E-state index >= 15 is 0 Å². The third-order valence-corrected chi connectivity index (χ3v) is 4.74. The number of amides is 1. The Morgan fingerprint density at radius 3 is 3.17 bits per heavy atom. The number of aromatic nitrogens is 2. The van der Waals surface area contributed by atoms with Crippen LogP contribution in [0, 0.1) is 11.8 Å². The number of carbonyl (C=O) groups is 1. The monoisotopic (exact) mass is 313 g/mol. The summed E-state index contributed by atoms with van der Waals surface area (Å²) in [6, 6.07) is 7.70. The zero-order valence-corrected chi connectivity index (χ0v) is 12.7. The van der Waals surface area contributed by atoms with Gasteiger partial charge in [0.1, 0.15) is 0 Å². The Bertz CT molecular complexity index is 688. The maximum Gasteiger partial charge on any atom is 0.247 e. The van der Waals surface area contributed by atoms with E-state index in [9.17, 15) is 4.79 Å². The van der Waals surface area contributed by atoms with Gasteiger partial charge in [-0.1, -0.05) is 12.5 Å². The summed E-state index contributed by atoms with van der Waals surface area (Å²) in [5.41, 5.74) is 7.99. The fourth-order valence-electron chi connectivity index (χ4n) is 3.60. The van der Waals surface area contributed by atoms with Crippen LogP contribution in [0.3, 0.4) is 0 Å². The molecule has 1 aromatic heterocycles. The smallest absolute Gasteiger partial charge is 0.247 e. The Morgan fingerprint density at radius 2 is 2.30 bits per heavy atom. The van der Waals surface area contributed by atoms with Gasteiger partial charge in [-0.15, -0.1) is 10.2 Å².